The second-order valence-corrected chi connectivity index (χ2v) is 4.49. The van der Waals surface area contributed by atoms with Gasteiger partial charge in [-0.15, -0.1) is 0 Å². The minimum absolute atomic E-state index is 0.268. The minimum Gasteiger partial charge on any atom is -0.454 e. The van der Waals surface area contributed by atoms with E-state index in [2.05, 4.69) is 6.07 Å². The standard InChI is InChI=1S/C16H11NO2/c17-10-11-5-7-12(8-6-11)15-9-13-3-1-2-4-14(13)16(18)19-15/h1-8,15H,9H2. The molecule has 1 aliphatic rings. The number of rotatable bonds is 1. The Morgan fingerprint density at radius 1 is 1.11 bits per heavy atom. The van der Waals surface area contributed by atoms with Gasteiger partial charge in [0, 0.05) is 6.42 Å². The fourth-order valence-corrected chi connectivity index (χ4v) is 2.29. The third kappa shape index (κ3) is 2.09. The van der Waals surface area contributed by atoms with Crippen molar-refractivity contribution in [3.8, 4) is 6.07 Å². The predicted molar refractivity (Wildman–Crippen MR) is 69.5 cm³/mol. The van der Waals surface area contributed by atoms with Crippen LogP contribution in [-0.2, 0) is 11.2 Å². The summed E-state index contributed by atoms with van der Waals surface area (Å²) in [7, 11) is 0. The van der Waals surface area contributed by atoms with Crippen molar-refractivity contribution in [2.75, 3.05) is 0 Å². The van der Waals surface area contributed by atoms with Crippen molar-refractivity contribution in [1.82, 2.24) is 0 Å². The van der Waals surface area contributed by atoms with Gasteiger partial charge in [0.25, 0.3) is 0 Å². The molecule has 0 bridgehead atoms. The number of nitrogens with zero attached hydrogens (tertiary/aromatic N) is 1. The molecule has 0 radical (unpaired) electrons. The lowest BCUT2D eigenvalue weighted by molar-refractivity contribution is 0.0253. The Bertz CT molecular complexity index is 668. The number of hydrogen-bond acceptors (Lipinski definition) is 3. The molecule has 0 amide bonds. The molecule has 3 heteroatoms. The molecule has 1 heterocycles. The van der Waals surface area contributed by atoms with Crippen LogP contribution in [0.4, 0.5) is 0 Å². The molecule has 2 aromatic carbocycles. The van der Waals surface area contributed by atoms with Gasteiger partial charge in [0.15, 0.2) is 0 Å². The van der Waals surface area contributed by atoms with E-state index in [4.69, 9.17) is 10.00 Å². The number of carbonyl (C=O) groups excluding carboxylic acids is 1. The maximum atomic E-state index is 11.9. The van der Waals surface area contributed by atoms with Crippen LogP contribution >= 0.6 is 0 Å². The normalized spacial score (nSPS) is 17.2. The van der Waals surface area contributed by atoms with Gasteiger partial charge in [-0.1, -0.05) is 30.3 Å². The Labute approximate surface area is 111 Å². The summed E-state index contributed by atoms with van der Waals surface area (Å²) in [6, 6.07) is 16.7. The fraction of sp³-hybridized carbons (Fsp3) is 0.125. The molecule has 0 fully saturated rings. The molecule has 0 saturated carbocycles. The molecular formula is C16H11NO2. The molecule has 0 N–H and O–H groups in total. The van der Waals surface area contributed by atoms with Gasteiger partial charge in [-0.2, -0.15) is 5.26 Å². The summed E-state index contributed by atoms with van der Waals surface area (Å²) >= 11 is 0. The third-order valence-electron chi connectivity index (χ3n) is 3.30. The zero-order chi connectivity index (χ0) is 13.2. The van der Waals surface area contributed by atoms with Gasteiger partial charge in [0.05, 0.1) is 17.2 Å². The number of nitriles is 1. The average Bonchev–Trinajstić information content (AvgIpc) is 2.47. The summed E-state index contributed by atoms with van der Waals surface area (Å²) in [5.41, 5.74) is 3.17. The number of hydrogen-bond donors (Lipinski definition) is 0. The smallest absolute Gasteiger partial charge is 0.339 e. The lowest BCUT2D eigenvalue weighted by Gasteiger charge is -2.24. The van der Waals surface area contributed by atoms with E-state index >= 15 is 0 Å². The number of cyclic esters (lactones) is 1. The Kier molecular flexibility index (Phi) is 2.77. The number of ether oxygens (including phenoxy) is 1. The summed E-state index contributed by atoms with van der Waals surface area (Å²) in [5.74, 6) is -0.281. The van der Waals surface area contributed by atoms with Crippen molar-refractivity contribution in [3.63, 3.8) is 0 Å². The molecule has 0 saturated heterocycles. The summed E-state index contributed by atoms with van der Waals surface area (Å²) in [5, 5.41) is 8.78. The first kappa shape index (κ1) is 11.5. The van der Waals surface area contributed by atoms with E-state index < -0.39 is 0 Å². The van der Waals surface area contributed by atoms with Crippen molar-refractivity contribution in [2.24, 2.45) is 0 Å². The molecule has 1 unspecified atom stereocenters. The Balaban J connectivity index is 1.92. The second-order valence-electron chi connectivity index (χ2n) is 4.49. The Morgan fingerprint density at radius 2 is 1.84 bits per heavy atom. The van der Waals surface area contributed by atoms with E-state index in [1.807, 2.05) is 30.3 Å². The highest BCUT2D eigenvalue weighted by molar-refractivity contribution is 5.92. The van der Waals surface area contributed by atoms with Gasteiger partial charge in [-0.3, -0.25) is 0 Å². The highest BCUT2D eigenvalue weighted by Crippen LogP contribution is 2.30. The quantitative estimate of drug-likeness (QED) is 0.730. The van der Waals surface area contributed by atoms with Gasteiger partial charge >= 0.3 is 5.97 Å². The zero-order valence-corrected chi connectivity index (χ0v) is 10.2. The van der Waals surface area contributed by atoms with Crippen molar-refractivity contribution in [3.05, 3.63) is 70.8 Å². The highest BCUT2D eigenvalue weighted by atomic mass is 16.5. The van der Waals surface area contributed by atoms with Crippen LogP contribution in [0.5, 0.6) is 0 Å². The van der Waals surface area contributed by atoms with E-state index in [0.29, 0.717) is 17.5 Å². The first-order chi connectivity index (χ1) is 9.28. The molecule has 0 aliphatic carbocycles. The predicted octanol–water partition coefficient (Wildman–Crippen LogP) is 3.01. The largest absolute Gasteiger partial charge is 0.454 e. The van der Waals surface area contributed by atoms with Gasteiger partial charge in [0.1, 0.15) is 6.10 Å². The fourth-order valence-electron chi connectivity index (χ4n) is 2.29. The molecule has 3 nitrogen and oxygen atoms in total. The number of fused-ring (bicyclic) bond motifs is 1. The van der Waals surface area contributed by atoms with Crippen LogP contribution in [0.15, 0.2) is 48.5 Å². The highest BCUT2D eigenvalue weighted by Gasteiger charge is 2.26. The van der Waals surface area contributed by atoms with Crippen LogP contribution in [0.3, 0.4) is 0 Å². The van der Waals surface area contributed by atoms with Gasteiger partial charge < -0.3 is 4.74 Å². The summed E-state index contributed by atoms with van der Waals surface area (Å²) in [4.78, 5) is 11.9. The number of benzene rings is 2. The molecule has 0 spiro atoms. The van der Waals surface area contributed by atoms with E-state index in [9.17, 15) is 4.79 Å². The topological polar surface area (TPSA) is 50.1 Å². The lowest BCUT2D eigenvalue weighted by Crippen LogP contribution is -2.21. The monoisotopic (exact) mass is 249 g/mol. The SMILES string of the molecule is N#Cc1ccc(C2Cc3ccccc3C(=O)O2)cc1. The molecule has 92 valence electrons. The van der Waals surface area contributed by atoms with E-state index in [1.54, 1.807) is 18.2 Å². The summed E-state index contributed by atoms with van der Waals surface area (Å²) in [6.45, 7) is 0. The first-order valence-corrected chi connectivity index (χ1v) is 6.07. The third-order valence-corrected chi connectivity index (χ3v) is 3.30. The van der Waals surface area contributed by atoms with Crippen LogP contribution in [0.2, 0.25) is 0 Å². The zero-order valence-electron chi connectivity index (χ0n) is 10.2. The van der Waals surface area contributed by atoms with Crippen molar-refractivity contribution >= 4 is 5.97 Å². The van der Waals surface area contributed by atoms with Crippen molar-refractivity contribution in [1.29, 1.82) is 5.26 Å². The Morgan fingerprint density at radius 3 is 2.58 bits per heavy atom. The van der Waals surface area contributed by atoms with E-state index in [0.717, 1.165) is 11.1 Å². The van der Waals surface area contributed by atoms with Crippen molar-refractivity contribution < 1.29 is 9.53 Å². The van der Waals surface area contributed by atoms with Crippen LogP contribution in [0.1, 0.15) is 33.2 Å². The van der Waals surface area contributed by atoms with Crippen LogP contribution < -0.4 is 0 Å². The first-order valence-electron chi connectivity index (χ1n) is 6.07. The molecule has 19 heavy (non-hydrogen) atoms. The van der Waals surface area contributed by atoms with Gasteiger partial charge in [-0.05, 0) is 29.3 Å². The molecule has 3 rings (SSSR count). The number of carbonyl (C=O) groups is 1. The van der Waals surface area contributed by atoms with Crippen LogP contribution in [-0.4, -0.2) is 5.97 Å². The van der Waals surface area contributed by atoms with E-state index in [-0.39, 0.29) is 12.1 Å². The summed E-state index contributed by atoms with van der Waals surface area (Å²) < 4.78 is 5.45. The average molecular weight is 249 g/mol. The minimum atomic E-state index is -0.281. The molecule has 1 aliphatic heterocycles. The van der Waals surface area contributed by atoms with Crippen LogP contribution in [0, 0.1) is 11.3 Å². The van der Waals surface area contributed by atoms with E-state index in [1.165, 1.54) is 0 Å². The van der Waals surface area contributed by atoms with Crippen LogP contribution in [0.25, 0.3) is 0 Å². The van der Waals surface area contributed by atoms with Crippen molar-refractivity contribution in [2.45, 2.75) is 12.5 Å². The summed E-state index contributed by atoms with van der Waals surface area (Å²) in [6.07, 6.45) is 0.406. The maximum Gasteiger partial charge on any atom is 0.339 e. The number of esters is 1. The molecular weight excluding hydrogens is 238 g/mol. The van der Waals surface area contributed by atoms with Gasteiger partial charge in [-0.25, -0.2) is 4.79 Å². The lowest BCUT2D eigenvalue weighted by atomic mass is 9.94. The second kappa shape index (κ2) is 4.58. The van der Waals surface area contributed by atoms with Gasteiger partial charge in [0.2, 0.25) is 0 Å². The maximum absolute atomic E-state index is 11.9. The Hall–Kier alpha value is -2.60. The molecule has 1 atom stereocenters. The molecule has 2 aromatic rings. The molecule has 0 aromatic heterocycles.